The first-order valence-electron chi connectivity index (χ1n) is 10.3. The standard InChI is InChI=1S/C22H18BrClN4O6S/c23-15-3-2-14(11-16(15)24)25-20(29)12-27-21(30)19(35-22(27)31)10-13-1-4-17(18(9-13)28(32)33)26-5-7-34-8-6-26/h1-4,9-11H,5-8,12H2,(H,25,29)/b19-10-. The van der Waals surface area contributed by atoms with Crippen LogP contribution >= 0.6 is 39.3 Å². The van der Waals surface area contributed by atoms with Crippen molar-refractivity contribution in [2.45, 2.75) is 0 Å². The van der Waals surface area contributed by atoms with E-state index < -0.39 is 28.5 Å². The molecule has 3 amide bonds. The SMILES string of the molecule is O=C(CN1C(=O)S/C(=C\c2ccc(N3CCOCC3)c([N+](=O)[O-])c2)C1=O)Nc1ccc(Br)c(Cl)c1. The van der Waals surface area contributed by atoms with Crippen LogP contribution in [0.5, 0.6) is 0 Å². The second-order valence-corrected chi connectivity index (χ2v) is 9.80. The summed E-state index contributed by atoms with van der Waals surface area (Å²) in [7, 11) is 0. The smallest absolute Gasteiger partial charge is 0.294 e. The molecular formula is C22H18BrClN4O6S. The van der Waals surface area contributed by atoms with Crippen LogP contribution in [0.4, 0.5) is 21.9 Å². The highest BCUT2D eigenvalue weighted by molar-refractivity contribution is 9.10. The maximum Gasteiger partial charge on any atom is 0.294 e. The van der Waals surface area contributed by atoms with E-state index in [1.54, 1.807) is 24.3 Å². The lowest BCUT2D eigenvalue weighted by Crippen LogP contribution is -2.36. The van der Waals surface area contributed by atoms with Crippen molar-refractivity contribution in [1.82, 2.24) is 4.90 Å². The van der Waals surface area contributed by atoms with Crippen LogP contribution in [0.2, 0.25) is 5.02 Å². The molecule has 2 aliphatic rings. The predicted octanol–water partition coefficient (Wildman–Crippen LogP) is 4.52. The molecule has 35 heavy (non-hydrogen) atoms. The van der Waals surface area contributed by atoms with Gasteiger partial charge in [0.25, 0.3) is 16.8 Å². The summed E-state index contributed by atoms with van der Waals surface area (Å²) >= 11 is 9.94. The van der Waals surface area contributed by atoms with Gasteiger partial charge in [0.05, 0.1) is 28.1 Å². The van der Waals surface area contributed by atoms with E-state index in [0.29, 0.717) is 64.5 Å². The maximum absolute atomic E-state index is 12.8. The lowest BCUT2D eigenvalue weighted by Gasteiger charge is -2.28. The summed E-state index contributed by atoms with van der Waals surface area (Å²) < 4.78 is 5.96. The Kier molecular flexibility index (Phi) is 7.75. The van der Waals surface area contributed by atoms with Gasteiger partial charge in [-0.2, -0.15) is 0 Å². The van der Waals surface area contributed by atoms with Crippen molar-refractivity contribution < 1.29 is 24.0 Å². The van der Waals surface area contributed by atoms with Gasteiger partial charge in [-0.3, -0.25) is 29.4 Å². The number of nitro groups is 1. The molecule has 0 bridgehead atoms. The second kappa shape index (κ2) is 10.8. The molecule has 1 N–H and O–H groups in total. The number of ether oxygens (including phenoxy) is 1. The van der Waals surface area contributed by atoms with Gasteiger partial charge in [-0.1, -0.05) is 17.7 Å². The van der Waals surface area contributed by atoms with Crippen molar-refractivity contribution in [3.8, 4) is 0 Å². The fraction of sp³-hybridized carbons (Fsp3) is 0.227. The number of carbonyl (C=O) groups excluding carboxylic acids is 3. The number of halogens is 2. The zero-order chi connectivity index (χ0) is 25.1. The van der Waals surface area contributed by atoms with Crippen LogP contribution in [-0.4, -0.2) is 59.7 Å². The van der Waals surface area contributed by atoms with Gasteiger partial charge in [0, 0.05) is 29.3 Å². The monoisotopic (exact) mass is 580 g/mol. The Morgan fingerprint density at radius 2 is 1.97 bits per heavy atom. The minimum atomic E-state index is -0.649. The number of morpholine rings is 1. The number of carbonyl (C=O) groups is 3. The van der Waals surface area contributed by atoms with E-state index in [2.05, 4.69) is 21.2 Å². The minimum Gasteiger partial charge on any atom is -0.378 e. The summed E-state index contributed by atoms with van der Waals surface area (Å²) in [4.78, 5) is 51.5. The van der Waals surface area contributed by atoms with Gasteiger partial charge in [-0.05, 0) is 63.6 Å². The van der Waals surface area contributed by atoms with Gasteiger partial charge < -0.3 is 15.0 Å². The van der Waals surface area contributed by atoms with Gasteiger partial charge in [-0.15, -0.1) is 0 Å². The zero-order valence-electron chi connectivity index (χ0n) is 18.0. The molecule has 0 spiro atoms. The molecule has 2 aromatic rings. The van der Waals surface area contributed by atoms with Crippen molar-refractivity contribution in [3.05, 3.63) is 66.5 Å². The molecular weight excluding hydrogens is 564 g/mol. The molecule has 0 aliphatic carbocycles. The molecule has 0 saturated carbocycles. The number of anilines is 2. The molecule has 13 heteroatoms. The fourth-order valence-electron chi connectivity index (χ4n) is 3.55. The summed E-state index contributed by atoms with van der Waals surface area (Å²) in [5, 5.41) is 14.0. The Labute approximate surface area is 217 Å². The van der Waals surface area contributed by atoms with Crippen LogP contribution in [0.25, 0.3) is 6.08 Å². The van der Waals surface area contributed by atoms with E-state index in [0.717, 1.165) is 4.90 Å². The summed E-state index contributed by atoms with van der Waals surface area (Å²) in [6.07, 6.45) is 1.41. The highest BCUT2D eigenvalue weighted by Crippen LogP contribution is 2.35. The fourth-order valence-corrected chi connectivity index (χ4v) is 4.82. The van der Waals surface area contributed by atoms with Gasteiger partial charge in [0.15, 0.2) is 0 Å². The normalized spacial score (nSPS) is 17.3. The van der Waals surface area contributed by atoms with Gasteiger partial charge >= 0.3 is 0 Å². The van der Waals surface area contributed by atoms with E-state index in [4.69, 9.17) is 16.3 Å². The molecule has 0 radical (unpaired) electrons. The molecule has 2 aliphatic heterocycles. The van der Waals surface area contributed by atoms with Crippen LogP contribution in [0.15, 0.2) is 45.8 Å². The lowest BCUT2D eigenvalue weighted by atomic mass is 10.1. The summed E-state index contributed by atoms with van der Waals surface area (Å²) in [6.45, 7) is 1.55. The third kappa shape index (κ3) is 5.84. The summed E-state index contributed by atoms with van der Waals surface area (Å²) in [5.41, 5.74) is 1.17. The van der Waals surface area contributed by atoms with Gasteiger partial charge in [-0.25, -0.2) is 0 Å². The average Bonchev–Trinajstić information content (AvgIpc) is 3.09. The van der Waals surface area contributed by atoms with Crippen LogP contribution in [-0.2, 0) is 14.3 Å². The first-order valence-corrected chi connectivity index (χ1v) is 12.3. The number of nitrogens with zero attached hydrogens (tertiary/aromatic N) is 3. The molecule has 0 aromatic heterocycles. The Morgan fingerprint density at radius 1 is 1.23 bits per heavy atom. The summed E-state index contributed by atoms with van der Waals surface area (Å²) in [6, 6.07) is 9.44. The Morgan fingerprint density at radius 3 is 2.66 bits per heavy atom. The van der Waals surface area contributed by atoms with Crippen LogP contribution in [0.3, 0.4) is 0 Å². The van der Waals surface area contributed by atoms with Crippen LogP contribution in [0.1, 0.15) is 5.56 Å². The summed E-state index contributed by atoms with van der Waals surface area (Å²) in [5.74, 6) is -1.22. The molecule has 2 fully saturated rings. The molecule has 0 atom stereocenters. The van der Waals surface area contributed by atoms with Gasteiger partial charge in [0.1, 0.15) is 12.2 Å². The van der Waals surface area contributed by atoms with E-state index in [1.807, 2.05) is 4.90 Å². The molecule has 2 saturated heterocycles. The number of benzene rings is 2. The van der Waals surface area contributed by atoms with Gasteiger partial charge in [0.2, 0.25) is 5.91 Å². The van der Waals surface area contributed by atoms with Crippen molar-refractivity contribution in [1.29, 1.82) is 0 Å². The minimum absolute atomic E-state index is 0.0721. The quantitative estimate of drug-likeness (QED) is 0.300. The highest BCUT2D eigenvalue weighted by atomic mass is 79.9. The van der Waals surface area contributed by atoms with E-state index >= 15 is 0 Å². The Bertz CT molecular complexity index is 1250. The van der Waals surface area contributed by atoms with Crippen LogP contribution in [0, 0.1) is 10.1 Å². The third-order valence-electron chi connectivity index (χ3n) is 5.22. The number of thioether (sulfide) groups is 1. The number of nitro benzene ring substituents is 1. The first-order chi connectivity index (χ1) is 16.7. The molecule has 0 unspecified atom stereocenters. The second-order valence-electron chi connectivity index (χ2n) is 7.55. The number of amides is 3. The molecule has 2 aromatic carbocycles. The Balaban J connectivity index is 1.48. The van der Waals surface area contributed by atoms with E-state index in [1.165, 1.54) is 18.2 Å². The first kappa shape index (κ1) is 25.2. The molecule has 10 nitrogen and oxygen atoms in total. The highest BCUT2D eigenvalue weighted by Gasteiger charge is 2.36. The molecule has 4 rings (SSSR count). The number of rotatable bonds is 6. The average molecular weight is 582 g/mol. The Hall–Kier alpha value is -2.93. The predicted molar refractivity (Wildman–Crippen MR) is 137 cm³/mol. The zero-order valence-corrected chi connectivity index (χ0v) is 21.2. The van der Waals surface area contributed by atoms with Crippen molar-refractivity contribution in [2.75, 3.05) is 43.1 Å². The number of imide groups is 1. The number of hydrogen-bond acceptors (Lipinski definition) is 8. The third-order valence-corrected chi connectivity index (χ3v) is 7.36. The molecule has 182 valence electrons. The van der Waals surface area contributed by atoms with Crippen molar-refractivity contribution in [2.24, 2.45) is 0 Å². The largest absolute Gasteiger partial charge is 0.378 e. The van der Waals surface area contributed by atoms with Crippen molar-refractivity contribution >= 4 is 79.5 Å². The number of nitrogens with one attached hydrogen (secondary N) is 1. The van der Waals surface area contributed by atoms with E-state index in [9.17, 15) is 24.5 Å². The lowest BCUT2D eigenvalue weighted by molar-refractivity contribution is -0.384. The molecule has 2 heterocycles. The van der Waals surface area contributed by atoms with E-state index in [-0.39, 0.29) is 10.6 Å². The number of hydrogen-bond donors (Lipinski definition) is 1. The van der Waals surface area contributed by atoms with Crippen molar-refractivity contribution in [3.63, 3.8) is 0 Å². The topological polar surface area (TPSA) is 122 Å². The van der Waals surface area contributed by atoms with Crippen LogP contribution < -0.4 is 10.2 Å². The maximum atomic E-state index is 12.8.